The zero-order valence-electron chi connectivity index (χ0n) is 20.4. The third-order valence-corrected chi connectivity index (χ3v) is 5.63. The van der Waals surface area contributed by atoms with Gasteiger partial charge in [-0.2, -0.15) is 4.98 Å². The van der Waals surface area contributed by atoms with Crippen molar-refractivity contribution in [2.24, 2.45) is 0 Å². The number of aliphatic hydroxyl groups is 1. The predicted octanol–water partition coefficient (Wildman–Crippen LogP) is 2.32. The van der Waals surface area contributed by atoms with Crippen molar-refractivity contribution >= 4 is 23.7 Å². The Morgan fingerprint density at radius 2 is 1.95 bits per heavy atom. The fraction of sp³-hybridized carbons (Fsp3) is 0.480. The van der Waals surface area contributed by atoms with Gasteiger partial charge in [0, 0.05) is 19.0 Å². The van der Waals surface area contributed by atoms with Crippen LogP contribution in [0.5, 0.6) is 0 Å². The smallest absolute Gasteiger partial charge is 0.412 e. The van der Waals surface area contributed by atoms with E-state index in [1.807, 2.05) is 13.0 Å². The Balaban J connectivity index is 1.57. The first kappa shape index (κ1) is 27.9. The minimum atomic E-state index is -2.00. The van der Waals surface area contributed by atoms with E-state index in [9.17, 15) is 24.3 Å². The number of nitrogens with one attached hydrogen (secondary N) is 1. The molecule has 1 aliphatic rings. The van der Waals surface area contributed by atoms with Crippen LogP contribution >= 0.6 is 0 Å². The Morgan fingerprint density at radius 1 is 1.19 bits per heavy atom. The summed E-state index contributed by atoms with van der Waals surface area (Å²) in [4.78, 5) is 52.3. The Hall–Kier alpha value is -3.64. The zero-order chi connectivity index (χ0) is 26.8. The van der Waals surface area contributed by atoms with Gasteiger partial charge in [0.1, 0.15) is 17.7 Å². The molecule has 1 saturated heterocycles. The Labute approximate surface area is 212 Å². The molecule has 200 valence electrons. The monoisotopic (exact) mass is 519 g/mol. The number of aliphatic hydroxyl groups excluding tert-OH is 1. The minimum absolute atomic E-state index is 0.0931. The second kappa shape index (κ2) is 13.6. The molecule has 2 heterocycles. The molecule has 0 bridgehead atoms. The maximum absolute atomic E-state index is 15.2. The van der Waals surface area contributed by atoms with E-state index in [1.54, 1.807) is 24.3 Å². The number of carbonyl (C=O) groups excluding carboxylic acids is 3. The summed E-state index contributed by atoms with van der Waals surface area (Å²) < 4.78 is 31.6. The molecule has 3 rings (SSSR count). The van der Waals surface area contributed by atoms with Crippen molar-refractivity contribution in [2.45, 2.75) is 63.6 Å². The van der Waals surface area contributed by atoms with Crippen LogP contribution < -0.4 is 11.0 Å². The van der Waals surface area contributed by atoms with Crippen LogP contribution in [0.25, 0.3) is 0 Å². The van der Waals surface area contributed by atoms with Crippen LogP contribution in [0.2, 0.25) is 0 Å². The van der Waals surface area contributed by atoms with E-state index < -0.39 is 49.0 Å². The minimum Gasteiger partial charge on any atom is -0.456 e. The Bertz CT molecular complexity index is 1130. The summed E-state index contributed by atoms with van der Waals surface area (Å²) in [6.07, 6.45) is -4.57. The lowest BCUT2D eigenvalue weighted by Crippen LogP contribution is -2.37. The maximum atomic E-state index is 15.2. The summed E-state index contributed by atoms with van der Waals surface area (Å²) in [6.45, 7) is 1.47. The number of hydrogen-bond donors (Lipinski definition) is 2. The molecule has 4 atom stereocenters. The van der Waals surface area contributed by atoms with Gasteiger partial charge in [0.15, 0.2) is 18.5 Å². The van der Waals surface area contributed by atoms with Crippen LogP contribution in [0.1, 0.15) is 44.4 Å². The van der Waals surface area contributed by atoms with Crippen molar-refractivity contribution in [3.63, 3.8) is 0 Å². The second-order valence-electron chi connectivity index (χ2n) is 8.46. The largest absolute Gasteiger partial charge is 0.456 e. The summed E-state index contributed by atoms with van der Waals surface area (Å²) in [5.41, 5.74) is -0.125. The van der Waals surface area contributed by atoms with Gasteiger partial charge in [0.05, 0.1) is 19.6 Å². The van der Waals surface area contributed by atoms with E-state index in [1.165, 1.54) is 6.07 Å². The van der Waals surface area contributed by atoms with Gasteiger partial charge in [-0.05, 0) is 18.1 Å². The number of rotatable bonds is 12. The van der Waals surface area contributed by atoms with E-state index in [-0.39, 0.29) is 37.5 Å². The maximum Gasteiger partial charge on any atom is 0.412 e. The number of alkyl halides is 1. The average molecular weight is 520 g/mol. The molecule has 1 unspecified atom stereocenters. The van der Waals surface area contributed by atoms with Gasteiger partial charge in [-0.1, -0.05) is 43.7 Å². The number of unbranched alkanes of at least 4 members (excludes halogenated alkanes) is 1. The lowest BCUT2D eigenvalue weighted by atomic mass is 10.1. The fourth-order valence-electron chi connectivity index (χ4n) is 3.70. The summed E-state index contributed by atoms with van der Waals surface area (Å²) in [6, 6.07) is 10.3. The standard InChI is InChI=1S/C25H30FN3O8/c1-2-3-13-35-25(34)28-19-11-12-29(24(33)27-19)23-21(26)22(18(15-30)36-23)37-20(32)10-9-17(31)14-16-7-5-4-6-8-16/h4-8,11-12,18,21-23,30H,2-3,9-10,13-15H2,1H3,(H,27,28,33,34)/t18-,21?,22-,23-/m1/s1. The number of nitrogens with zero attached hydrogens (tertiary/aromatic N) is 2. The number of hydrogen-bond acceptors (Lipinski definition) is 9. The molecule has 2 N–H and O–H groups in total. The third-order valence-electron chi connectivity index (χ3n) is 5.63. The first-order valence-corrected chi connectivity index (χ1v) is 12.0. The van der Waals surface area contributed by atoms with E-state index >= 15 is 4.39 Å². The Kier molecular flexibility index (Phi) is 10.3. The molecule has 37 heavy (non-hydrogen) atoms. The molecule has 1 fully saturated rings. The topological polar surface area (TPSA) is 146 Å². The van der Waals surface area contributed by atoms with Crippen molar-refractivity contribution in [2.75, 3.05) is 18.5 Å². The van der Waals surface area contributed by atoms with Crippen LogP contribution in [0, 0.1) is 0 Å². The molecule has 0 spiro atoms. The highest BCUT2D eigenvalue weighted by molar-refractivity contribution is 5.84. The molecule has 2 aromatic rings. The first-order chi connectivity index (χ1) is 17.8. The molecular formula is C25H30FN3O8. The number of esters is 1. The molecule has 1 aliphatic heterocycles. The second-order valence-corrected chi connectivity index (χ2v) is 8.46. The Morgan fingerprint density at radius 3 is 2.62 bits per heavy atom. The molecule has 0 radical (unpaired) electrons. The van der Waals surface area contributed by atoms with Crippen molar-refractivity contribution in [1.82, 2.24) is 9.55 Å². The van der Waals surface area contributed by atoms with Crippen LogP contribution in [-0.2, 0) is 30.2 Å². The summed E-state index contributed by atoms with van der Waals surface area (Å²) in [7, 11) is 0. The van der Waals surface area contributed by atoms with Crippen molar-refractivity contribution < 1.29 is 38.1 Å². The number of amides is 1. The van der Waals surface area contributed by atoms with Crippen molar-refractivity contribution in [3.05, 3.63) is 58.6 Å². The van der Waals surface area contributed by atoms with Gasteiger partial charge < -0.3 is 19.3 Å². The number of benzene rings is 1. The fourth-order valence-corrected chi connectivity index (χ4v) is 3.70. The van der Waals surface area contributed by atoms with E-state index in [4.69, 9.17) is 14.2 Å². The highest BCUT2D eigenvalue weighted by Crippen LogP contribution is 2.33. The zero-order valence-corrected chi connectivity index (χ0v) is 20.4. The van der Waals surface area contributed by atoms with E-state index in [2.05, 4.69) is 10.3 Å². The summed E-state index contributed by atoms with van der Waals surface area (Å²) in [5, 5.41) is 11.9. The molecule has 11 nitrogen and oxygen atoms in total. The van der Waals surface area contributed by atoms with Crippen LogP contribution in [0.4, 0.5) is 15.0 Å². The number of carbonyl (C=O) groups is 3. The third kappa shape index (κ3) is 7.92. The van der Waals surface area contributed by atoms with Gasteiger partial charge in [-0.3, -0.25) is 19.5 Å². The molecule has 12 heteroatoms. The summed E-state index contributed by atoms with van der Waals surface area (Å²) >= 11 is 0. The first-order valence-electron chi connectivity index (χ1n) is 12.0. The number of Topliss-reactive ketones (excluding diaryl/α,β-unsaturated/α-hetero) is 1. The number of halogens is 1. The van der Waals surface area contributed by atoms with Gasteiger partial charge in [0.2, 0.25) is 0 Å². The molecule has 1 aromatic heterocycles. The van der Waals surface area contributed by atoms with E-state index in [0.29, 0.717) is 6.42 Å². The molecule has 0 saturated carbocycles. The van der Waals surface area contributed by atoms with Crippen LogP contribution in [0.3, 0.4) is 0 Å². The lowest BCUT2D eigenvalue weighted by molar-refractivity contribution is -0.155. The molecular weight excluding hydrogens is 489 g/mol. The van der Waals surface area contributed by atoms with Gasteiger partial charge in [-0.15, -0.1) is 0 Å². The van der Waals surface area contributed by atoms with Crippen molar-refractivity contribution in [3.8, 4) is 0 Å². The SMILES string of the molecule is CCCCOC(=O)Nc1ccn([C@@H]2O[C@H](CO)[C@@H](OC(=O)CCC(=O)Cc3ccccc3)C2F)c(=O)n1. The molecule has 1 amide bonds. The number of aromatic nitrogens is 2. The van der Waals surface area contributed by atoms with Gasteiger partial charge >= 0.3 is 17.8 Å². The summed E-state index contributed by atoms with van der Waals surface area (Å²) in [5.74, 6) is -1.11. The van der Waals surface area contributed by atoms with Gasteiger partial charge in [0.25, 0.3) is 0 Å². The molecule has 1 aromatic carbocycles. The highest BCUT2D eigenvalue weighted by Gasteiger charge is 2.48. The van der Waals surface area contributed by atoms with E-state index in [0.717, 1.165) is 22.7 Å². The number of anilines is 1. The molecule has 0 aliphatic carbocycles. The number of ether oxygens (including phenoxy) is 3. The normalized spacial score (nSPS) is 20.8. The van der Waals surface area contributed by atoms with Crippen molar-refractivity contribution in [1.29, 1.82) is 0 Å². The average Bonchev–Trinajstić information content (AvgIpc) is 3.18. The van der Waals surface area contributed by atoms with Crippen LogP contribution in [-0.4, -0.2) is 64.1 Å². The quantitative estimate of drug-likeness (QED) is 0.319. The van der Waals surface area contributed by atoms with Gasteiger partial charge in [-0.25, -0.2) is 14.0 Å². The highest BCUT2D eigenvalue weighted by atomic mass is 19.1. The lowest BCUT2D eigenvalue weighted by Gasteiger charge is -2.18. The van der Waals surface area contributed by atoms with Crippen LogP contribution in [0.15, 0.2) is 47.4 Å². The number of ketones is 1. The predicted molar refractivity (Wildman–Crippen MR) is 129 cm³/mol.